The number of carbonyl (C=O) groups is 1. The van der Waals surface area contributed by atoms with Crippen LogP contribution in [-0.4, -0.2) is 43.7 Å². The van der Waals surface area contributed by atoms with Crippen molar-refractivity contribution < 1.29 is 9.18 Å². The molecule has 2 fully saturated rings. The van der Waals surface area contributed by atoms with Crippen LogP contribution in [0.15, 0.2) is 0 Å². The van der Waals surface area contributed by atoms with Crippen molar-refractivity contribution in [3.05, 3.63) is 0 Å². The molecule has 1 N–H and O–H groups in total. The zero-order valence-electron chi connectivity index (χ0n) is 9.04. The molecule has 3 nitrogen and oxygen atoms in total. The molecule has 0 radical (unpaired) electrons. The lowest BCUT2D eigenvalue weighted by molar-refractivity contribution is -0.136. The predicted octanol–water partition coefficient (Wildman–Crippen LogP) is 0.804. The summed E-state index contributed by atoms with van der Waals surface area (Å²) in [6.07, 6.45) is 2.63. The van der Waals surface area contributed by atoms with Crippen LogP contribution in [0.1, 0.15) is 19.3 Å². The van der Waals surface area contributed by atoms with E-state index < -0.39 is 0 Å². The normalized spacial score (nSPS) is 28.3. The molecule has 2 aliphatic heterocycles. The van der Waals surface area contributed by atoms with Gasteiger partial charge in [-0.3, -0.25) is 9.18 Å². The lowest BCUT2D eigenvalue weighted by Crippen LogP contribution is -2.42. The minimum Gasteiger partial charge on any atom is -0.342 e. The Morgan fingerprint density at radius 2 is 2.07 bits per heavy atom. The summed E-state index contributed by atoms with van der Waals surface area (Å²) in [4.78, 5) is 13.9. The molecule has 2 saturated heterocycles. The maximum Gasteiger partial charge on any atom is 0.227 e. The fourth-order valence-corrected chi connectivity index (χ4v) is 2.43. The molecule has 1 unspecified atom stereocenters. The van der Waals surface area contributed by atoms with E-state index in [1.165, 1.54) is 0 Å². The topological polar surface area (TPSA) is 32.3 Å². The number of amides is 1. The first-order valence-corrected chi connectivity index (χ1v) is 5.86. The summed E-state index contributed by atoms with van der Waals surface area (Å²) in [6.45, 7) is 3.06. The average molecular weight is 214 g/mol. The van der Waals surface area contributed by atoms with E-state index in [0.717, 1.165) is 45.4 Å². The first kappa shape index (κ1) is 10.9. The predicted molar refractivity (Wildman–Crippen MR) is 56.3 cm³/mol. The van der Waals surface area contributed by atoms with E-state index in [1.54, 1.807) is 0 Å². The van der Waals surface area contributed by atoms with Crippen LogP contribution in [0.25, 0.3) is 0 Å². The molecule has 0 aromatic carbocycles. The summed E-state index contributed by atoms with van der Waals surface area (Å²) in [7, 11) is 0. The van der Waals surface area contributed by atoms with Crippen molar-refractivity contribution in [3.8, 4) is 0 Å². The number of carbonyl (C=O) groups excluding carboxylic acids is 1. The van der Waals surface area contributed by atoms with Crippen molar-refractivity contribution in [2.24, 2.45) is 11.8 Å². The van der Waals surface area contributed by atoms with Gasteiger partial charge in [0.15, 0.2) is 0 Å². The molecule has 86 valence electrons. The lowest BCUT2D eigenvalue weighted by Gasteiger charge is -2.32. The molecule has 0 spiro atoms. The summed E-state index contributed by atoms with van der Waals surface area (Å²) >= 11 is 0. The zero-order valence-corrected chi connectivity index (χ0v) is 9.04. The molecule has 0 aromatic rings. The van der Waals surface area contributed by atoms with E-state index in [4.69, 9.17) is 0 Å². The van der Waals surface area contributed by atoms with Gasteiger partial charge in [0.05, 0.1) is 12.6 Å². The number of halogens is 1. The van der Waals surface area contributed by atoms with Gasteiger partial charge < -0.3 is 10.2 Å². The van der Waals surface area contributed by atoms with E-state index in [-0.39, 0.29) is 24.4 Å². The van der Waals surface area contributed by atoms with Crippen LogP contribution in [0.4, 0.5) is 4.39 Å². The number of nitrogens with one attached hydrogen (secondary N) is 1. The Bertz CT molecular complexity index is 221. The van der Waals surface area contributed by atoms with Crippen molar-refractivity contribution >= 4 is 5.91 Å². The van der Waals surface area contributed by atoms with Crippen LogP contribution in [-0.2, 0) is 4.79 Å². The van der Waals surface area contributed by atoms with Gasteiger partial charge in [0.25, 0.3) is 0 Å². The van der Waals surface area contributed by atoms with Crippen molar-refractivity contribution in [2.75, 3.05) is 32.9 Å². The molecule has 0 aliphatic carbocycles. The first-order chi connectivity index (χ1) is 7.31. The molecule has 4 heteroatoms. The highest BCUT2D eigenvalue weighted by Crippen LogP contribution is 2.20. The average Bonchev–Trinajstić information content (AvgIpc) is 2.82. The van der Waals surface area contributed by atoms with Gasteiger partial charge >= 0.3 is 0 Å². The lowest BCUT2D eigenvalue weighted by atomic mass is 9.97. The van der Waals surface area contributed by atoms with Gasteiger partial charge in [-0.2, -0.15) is 0 Å². The molecule has 15 heavy (non-hydrogen) atoms. The molecule has 0 bridgehead atoms. The maximum absolute atomic E-state index is 12.4. The molecular weight excluding hydrogens is 195 g/mol. The number of rotatable bonds is 2. The Labute approximate surface area is 90.0 Å². The number of likely N-dealkylation sites (tertiary alicyclic amines) is 1. The number of piperidine rings is 1. The standard InChI is InChI=1S/C11H19FN2O/c12-7-9-2-5-14(6-3-9)11(15)10-1-4-13-8-10/h9-10,13H,1-8H2. The van der Waals surface area contributed by atoms with Crippen molar-refractivity contribution in [3.63, 3.8) is 0 Å². The smallest absolute Gasteiger partial charge is 0.227 e. The van der Waals surface area contributed by atoms with Gasteiger partial charge in [-0.05, 0) is 31.7 Å². The van der Waals surface area contributed by atoms with Crippen LogP contribution in [0.2, 0.25) is 0 Å². The fourth-order valence-electron chi connectivity index (χ4n) is 2.43. The van der Waals surface area contributed by atoms with Crippen LogP contribution in [0.5, 0.6) is 0 Å². The Balaban J connectivity index is 1.81. The van der Waals surface area contributed by atoms with Crippen LogP contribution in [0, 0.1) is 11.8 Å². The zero-order chi connectivity index (χ0) is 10.7. The first-order valence-electron chi connectivity index (χ1n) is 5.86. The third-order valence-corrected chi connectivity index (χ3v) is 3.55. The molecule has 2 aliphatic rings. The SMILES string of the molecule is O=C(C1CCNC1)N1CCC(CF)CC1. The minimum atomic E-state index is -0.229. The fraction of sp³-hybridized carbons (Fsp3) is 0.909. The minimum absolute atomic E-state index is 0.173. The number of alkyl halides is 1. The van der Waals surface area contributed by atoms with E-state index in [2.05, 4.69) is 5.32 Å². The van der Waals surface area contributed by atoms with Crippen molar-refractivity contribution in [1.82, 2.24) is 10.2 Å². The van der Waals surface area contributed by atoms with E-state index in [1.807, 2.05) is 4.90 Å². The number of nitrogens with zero attached hydrogens (tertiary/aromatic N) is 1. The Kier molecular flexibility index (Phi) is 3.57. The summed E-state index contributed by atoms with van der Waals surface area (Å²) in [5, 5.41) is 3.20. The highest BCUT2D eigenvalue weighted by molar-refractivity contribution is 5.79. The molecule has 0 aromatic heterocycles. The quantitative estimate of drug-likeness (QED) is 0.737. The van der Waals surface area contributed by atoms with Crippen molar-refractivity contribution in [2.45, 2.75) is 19.3 Å². The second kappa shape index (κ2) is 4.92. The molecule has 0 saturated carbocycles. The number of hydrogen-bond acceptors (Lipinski definition) is 2. The highest BCUT2D eigenvalue weighted by Gasteiger charge is 2.29. The second-order valence-electron chi connectivity index (χ2n) is 4.61. The summed E-state index contributed by atoms with van der Waals surface area (Å²) in [5.41, 5.74) is 0. The maximum atomic E-state index is 12.4. The number of hydrogen-bond donors (Lipinski definition) is 1. The van der Waals surface area contributed by atoms with E-state index >= 15 is 0 Å². The van der Waals surface area contributed by atoms with Gasteiger partial charge in [0.1, 0.15) is 0 Å². The Morgan fingerprint density at radius 3 is 2.60 bits per heavy atom. The largest absolute Gasteiger partial charge is 0.342 e. The Morgan fingerprint density at radius 1 is 1.33 bits per heavy atom. The summed E-state index contributed by atoms with van der Waals surface area (Å²) < 4.78 is 12.4. The monoisotopic (exact) mass is 214 g/mol. The van der Waals surface area contributed by atoms with E-state index in [9.17, 15) is 9.18 Å². The molecule has 2 rings (SSSR count). The van der Waals surface area contributed by atoms with E-state index in [0.29, 0.717) is 0 Å². The van der Waals surface area contributed by atoms with Gasteiger partial charge in [0, 0.05) is 19.6 Å². The second-order valence-corrected chi connectivity index (χ2v) is 4.61. The Hall–Kier alpha value is -0.640. The third kappa shape index (κ3) is 2.48. The molecule has 1 amide bonds. The van der Waals surface area contributed by atoms with Gasteiger partial charge in [0.2, 0.25) is 5.91 Å². The van der Waals surface area contributed by atoms with Gasteiger partial charge in [-0.25, -0.2) is 0 Å². The van der Waals surface area contributed by atoms with Gasteiger partial charge in [-0.15, -0.1) is 0 Å². The van der Waals surface area contributed by atoms with Gasteiger partial charge in [-0.1, -0.05) is 0 Å². The molecular formula is C11H19FN2O. The summed E-state index contributed by atoms with van der Waals surface area (Å²) in [6, 6.07) is 0. The van der Waals surface area contributed by atoms with Crippen LogP contribution < -0.4 is 5.32 Å². The molecule has 1 atom stereocenters. The molecule has 2 heterocycles. The highest BCUT2D eigenvalue weighted by atomic mass is 19.1. The third-order valence-electron chi connectivity index (χ3n) is 3.55. The van der Waals surface area contributed by atoms with Crippen molar-refractivity contribution in [1.29, 1.82) is 0 Å². The summed E-state index contributed by atoms with van der Waals surface area (Å²) in [5.74, 6) is 0.639. The van der Waals surface area contributed by atoms with Crippen LogP contribution in [0.3, 0.4) is 0 Å². The van der Waals surface area contributed by atoms with Crippen LogP contribution >= 0.6 is 0 Å².